The van der Waals surface area contributed by atoms with E-state index >= 15 is 0 Å². The van der Waals surface area contributed by atoms with Gasteiger partial charge in [-0.3, -0.25) is 0 Å². The highest BCUT2D eigenvalue weighted by atomic mass is 35.5. The van der Waals surface area contributed by atoms with Crippen molar-refractivity contribution in [3.63, 3.8) is 0 Å². The molecule has 84 valence electrons. The molecule has 1 atom stereocenters. The van der Waals surface area contributed by atoms with Crippen molar-refractivity contribution < 1.29 is 0 Å². The van der Waals surface area contributed by atoms with Crippen LogP contribution < -0.4 is 0 Å². The molecule has 4 heteroatoms. The minimum atomic E-state index is -0.0527. The molecule has 0 N–H and O–H groups in total. The molecule has 0 radical (unpaired) electrons. The number of hydrogen-bond acceptors (Lipinski definition) is 3. The van der Waals surface area contributed by atoms with E-state index < -0.39 is 0 Å². The molecule has 0 saturated heterocycles. The molecule has 1 aromatic carbocycles. The van der Waals surface area contributed by atoms with Crippen LogP contribution in [0.4, 0.5) is 0 Å². The van der Waals surface area contributed by atoms with Crippen molar-refractivity contribution in [3.8, 4) is 0 Å². The summed E-state index contributed by atoms with van der Waals surface area (Å²) in [7, 11) is 0. The van der Waals surface area contributed by atoms with Gasteiger partial charge in [0.25, 0.3) is 0 Å². The van der Waals surface area contributed by atoms with Gasteiger partial charge in [0.2, 0.25) is 0 Å². The summed E-state index contributed by atoms with van der Waals surface area (Å²) in [6, 6.07) is 8.33. The second kappa shape index (κ2) is 4.93. The van der Waals surface area contributed by atoms with E-state index in [1.807, 2.05) is 13.0 Å². The Morgan fingerprint density at radius 3 is 2.69 bits per heavy atom. The van der Waals surface area contributed by atoms with Gasteiger partial charge in [-0.15, -0.1) is 21.8 Å². The van der Waals surface area contributed by atoms with Crippen molar-refractivity contribution in [3.05, 3.63) is 45.4 Å². The highest BCUT2D eigenvalue weighted by Gasteiger charge is 2.10. The van der Waals surface area contributed by atoms with Gasteiger partial charge in [0, 0.05) is 6.42 Å². The van der Waals surface area contributed by atoms with Crippen LogP contribution in [0.2, 0.25) is 0 Å². The Bertz CT molecular complexity index is 479. The van der Waals surface area contributed by atoms with Gasteiger partial charge in [-0.05, 0) is 25.0 Å². The summed E-state index contributed by atoms with van der Waals surface area (Å²) in [5, 5.41) is 10.1. The molecular formula is C12H13ClN2S. The lowest BCUT2D eigenvalue weighted by Gasteiger charge is -2.01. The predicted molar refractivity (Wildman–Crippen MR) is 68.2 cm³/mol. The zero-order chi connectivity index (χ0) is 11.5. The van der Waals surface area contributed by atoms with E-state index in [4.69, 9.17) is 11.6 Å². The standard InChI is InChI=1S/C12H13ClN2S/c1-8-5-3-4-6-10(8)7-11-14-15-12(16-11)9(2)13/h3-6,9H,7H2,1-2H3. The monoisotopic (exact) mass is 252 g/mol. The maximum atomic E-state index is 5.96. The minimum Gasteiger partial charge on any atom is -0.143 e. The lowest BCUT2D eigenvalue weighted by atomic mass is 10.1. The highest BCUT2D eigenvalue weighted by molar-refractivity contribution is 7.11. The number of halogens is 1. The molecule has 0 saturated carbocycles. The first-order chi connectivity index (χ1) is 7.66. The van der Waals surface area contributed by atoms with Gasteiger partial charge in [0.05, 0.1) is 5.38 Å². The predicted octanol–water partition coefficient (Wildman–Crippen LogP) is 3.74. The summed E-state index contributed by atoms with van der Waals surface area (Å²) in [5.41, 5.74) is 2.59. The molecule has 0 aliphatic carbocycles. The number of aryl methyl sites for hydroxylation is 1. The van der Waals surface area contributed by atoms with E-state index in [1.165, 1.54) is 11.1 Å². The molecule has 2 nitrogen and oxygen atoms in total. The second-order valence-electron chi connectivity index (χ2n) is 3.75. The Kier molecular flexibility index (Phi) is 3.56. The van der Waals surface area contributed by atoms with E-state index in [1.54, 1.807) is 11.3 Å². The fourth-order valence-corrected chi connectivity index (χ4v) is 2.44. The molecule has 1 unspecified atom stereocenters. The van der Waals surface area contributed by atoms with E-state index in [9.17, 15) is 0 Å². The SMILES string of the molecule is Cc1ccccc1Cc1nnc(C(C)Cl)s1. The third-order valence-corrected chi connectivity index (χ3v) is 3.87. The first kappa shape index (κ1) is 11.6. The van der Waals surface area contributed by atoms with Crippen LogP contribution in [-0.4, -0.2) is 10.2 Å². The number of rotatable bonds is 3. The van der Waals surface area contributed by atoms with Crippen molar-refractivity contribution in [2.75, 3.05) is 0 Å². The Balaban J connectivity index is 2.18. The fraction of sp³-hybridized carbons (Fsp3) is 0.333. The van der Waals surface area contributed by atoms with Crippen LogP contribution >= 0.6 is 22.9 Å². The third-order valence-electron chi connectivity index (χ3n) is 2.43. The zero-order valence-corrected chi connectivity index (χ0v) is 10.8. The van der Waals surface area contributed by atoms with E-state index in [0.29, 0.717) is 0 Å². The quantitative estimate of drug-likeness (QED) is 0.778. The Labute approximate surface area is 104 Å². The lowest BCUT2D eigenvalue weighted by Crippen LogP contribution is -1.90. The molecule has 0 aliphatic heterocycles. The molecule has 0 spiro atoms. The smallest absolute Gasteiger partial charge is 0.135 e. The van der Waals surface area contributed by atoms with Crippen LogP contribution in [0.3, 0.4) is 0 Å². The average molecular weight is 253 g/mol. The summed E-state index contributed by atoms with van der Waals surface area (Å²) in [6.45, 7) is 4.03. The Morgan fingerprint density at radius 1 is 1.31 bits per heavy atom. The highest BCUT2D eigenvalue weighted by Crippen LogP contribution is 2.24. The summed E-state index contributed by atoms with van der Waals surface area (Å²) in [4.78, 5) is 0. The fourth-order valence-electron chi connectivity index (χ4n) is 1.47. The van der Waals surface area contributed by atoms with E-state index in [0.717, 1.165) is 16.4 Å². The topological polar surface area (TPSA) is 25.8 Å². The van der Waals surface area contributed by atoms with Crippen molar-refractivity contribution in [2.45, 2.75) is 25.6 Å². The summed E-state index contributed by atoms with van der Waals surface area (Å²) < 4.78 is 0. The van der Waals surface area contributed by atoms with Gasteiger partial charge in [-0.2, -0.15) is 0 Å². The van der Waals surface area contributed by atoms with Crippen LogP contribution in [-0.2, 0) is 6.42 Å². The molecule has 16 heavy (non-hydrogen) atoms. The van der Waals surface area contributed by atoms with Crippen LogP contribution in [0, 0.1) is 6.92 Å². The molecule has 0 aliphatic rings. The van der Waals surface area contributed by atoms with Crippen molar-refractivity contribution in [1.82, 2.24) is 10.2 Å². The number of hydrogen-bond donors (Lipinski definition) is 0. The summed E-state index contributed by atoms with van der Waals surface area (Å²) in [5.74, 6) is 0. The van der Waals surface area contributed by atoms with Crippen LogP contribution in [0.25, 0.3) is 0 Å². The molecule has 1 heterocycles. The van der Waals surface area contributed by atoms with Gasteiger partial charge in [-0.25, -0.2) is 0 Å². The minimum absolute atomic E-state index is 0.0527. The van der Waals surface area contributed by atoms with Gasteiger partial charge < -0.3 is 0 Å². The Morgan fingerprint density at radius 2 is 2.06 bits per heavy atom. The largest absolute Gasteiger partial charge is 0.143 e. The Hall–Kier alpha value is -0.930. The van der Waals surface area contributed by atoms with Crippen molar-refractivity contribution in [1.29, 1.82) is 0 Å². The molecular weight excluding hydrogens is 240 g/mol. The van der Waals surface area contributed by atoms with Crippen LogP contribution in [0.5, 0.6) is 0 Å². The van der Waals surface area contributed by atoms with Crippen molar-refractivity contribution in [2.24, 2.45) is 0 Å². The van der Waals surface area contributed by atoms with Gasteiger partial charge >= 0.3 is 0 Å². The molecule has 0 amide bonds. The molecule has 2 aromatic rings. The summed E-state index contributed by atoms with van der Waals surface area (Å²) in [6.07, 6.45) is 0.841. The zero-order valence-electron chi connectivity index (χ0n) is 9.27. The maximum Gasteiger partial charge on any atom is 0.135 e. The summed E-state index contributed by atoms with van der Waals surface area (Å²) >= 11 is 7.55. The van der Waals surface area contributed by atoms with Crippen LogP contribution in [0.1, 0.15) is 33.4 Å². The van der Waals surface area contributed by atoms with E-state index in [2.05, 4.69) is 35.3 Å². The van der Waals surface area contributed by atoms with Crippen molar-refractivity contribution >= 4 is 22.9 Å². The average Bonchev–Trinajstić information content (AvgIpc) is 2.70. The number of benzene rings is 1. The normalized spacial score (nSPS) is 12.7. The maximum absolute atomic E-state index is 5.96. The number of nitrogens with zero attached hydrogens (tertiary/aromatic N) is 2. The van der Waals surface area contributed by atoms with Gasteiger partial charge in [0.1, 0.15) is 10.0 Å². The van der Waals surface area contributed by atoms with Gasteiger partial charge in [0.15, 0.2) is 0 Å². The van der Waals surface area contributed by atoms with Crippen LogP contribution in [0.15, 0.2) is 24.3 Å². The first-order valence-corrected chi connectivity index (χ1v) is 6.43. The molecule has 0 fully saturated rings. The number of alkyl halides is 1. The first-order valence-electron chi connectivity index (χ1n) is 5.17. The third kappa shape index (κ3) is 2.60. The lowest BCUT2D eigenvalue weighted by molar-refractivity contribution is 0.929. The molecule has 2 rings (SSSR count). The van der Waals surface area contributed by atoms with Gasteiger partial charge in [-0.1, -0.05) is 35.6 Å². The second-order valence-corrected chi connectivity index (χ2v) is 5.50. The number of aromatic nitrogens is 2. The van der Waals surface area contributed by atoms with E-state index in [-0.39, 0.29) is 5.38 Å². The molecule has 0 bridgehead atoms. The molecule has 1 aromatic heterocycles.